The largest absolute Gasteiger partial charge is 0.247 e. The third-order valence-electron chi connectivity index (χ3n) is 3.84. The summed E-state index contributed by atoms with van der Waals surface area (Å²) >= 11 is 5.93. The van der Waals surface area contributed by atoms with Gasteiger partial charge in [0.15, 0.2) is 0 Å². The van der Waals surface area contributed by atoms with Crippen LogP contribution in [0, 0.1) is 17.8 Å². The van der Waals surface area contributed by atoms with Crippen molar-refractivity contribution in [3.63, 3.8) is 0 Å². The van der Waals surface area contributed by atoms with Crippen molar-refractivity contribution in [2.75, 3.05) is 0 Å². The molecule has 1 rings (SSSR count). The highest BCUT2D eigenvalue weighted by Gasteiger charge is 2.31. The van der Waals surface area contributed by atoms with Crippen LogP contribution in [0.4, 0.5) is 4.39 Å². The lowest BCUT2D eigenvalue weighted by Crippen LogP contribution is -2.30. The van der Waals surface area contributed by atoms with E-state index in [4.69, 9.17) is 11.6 Å². The first kappa shape index (κ1) is 13.3. The Balaban J connectivity index is 2.35. The lowest BCUT2D eigenvalue weighted by atomic mass is 9.74. The van der Waals surface area contributed by atoms with Crippen LogP contribution in [0.1, 0.15) is 52.9 Å². The van der Waals surface area contributed by atoms with Gasteiger partial charge in [-0.25, -0.2) is 4.39 Å². The first-order chi connectivity index (χ1) is 7.00. The summed E-state index contributed by atoms with van der Waals surface area (Å²) in [7, 11) is 0. The first-order valence-corrected chi connectivity index (χ1v) is 6.72. The number of hydrogen-bond donors (Lipinski definition) is 0. The molecule has 5 atom stereocenters. The third-order valence-corrected chi connectivity index (χ3v) is 4.05. The van der Waals surface area contributed by atoms with Gasteiger partial charge in [-0.05, 0) is 50.4 Å². The van der Waals surface area contributed by atoms with Gasteiger partial charge in [-0.1, -0.05) is 20.3 Å². The second-order valence-electron chi connectivity index (χ2n) is 5.43. The molecule has 1 fully saturated rings. The fourth-order valence-electron chi connectivity index (χ4n) is 2.68. The number of alkyl halides is 2. The Morgan fingerprint density at radius 2 is 1.93 bits per heavy atom. The van der Waals surface area contributed by atoms with Gasteiger partial charge in [0.2, 0.25) is 0 Å². The quantitative estimate of drug-likeness (QED) is 0.613. The summed E-state index contributed by atoms with van der Waals surface area (Å²) in [5.41, 5.74) is 0. The Labute approximate surface area is 98.6 Å². The maximum atomic E-state index is 13.8. The molecule has 1 saturated carbocycles. The Morgan fingerprint density at radius 3 is 2.47 bits per heavy atom. The molecule has 0 saturated heterocycles. The highest BCUT2D eigenvalue weighted by Crippen LogP contribution is 2.37. The van der Waals surface area contributed by atoms with E-state index in [-0.39, 0.29) is 11.3 Å². The maximum Gasteiger partial charge on any atom is 0.103 e. The van der Waals surface area contributed by atoms with Gasteiger partial charge in [0.05, 0.1) is 0 Å². The zero-order valence-corrected chi connectivity index (χ0v) is 10.9. The van der Waals surface area contributed by atoms with E-state index >= 15 is 0 Å². The van der Waals surface area contributed by atoms with E-state index in [2.05, 4.69) is 13.8 Å². The van der Waals surface area contributed by atoms with Gasteiger partial charge in [0, 0.05) is 5.38 Å². The summed E-state index contributed by atoms with van der Waals surface area (Å²) in [4.78, 5) is 0. The van der Waals surface area contributed by atoms with E-state index in [0.717, 1.165) is 25.7 Å². The highest BCUT2D eigenvalue weighted by atomic mass is 35.5. The van der Waals surface area contributed by atoms with E-state index in [9.17, 15) is 4.39 Å². The summed E-state index contributed by atoms with van der Waals surface area (Å²) in [5, 5.41) is 0.230. The summed E-state index contributed by atoms with van der Waals surface area (Å²) in [6.07, 6.45) is 4.55. The predicted molar refractivity (Wildman–Crippen MR) is 65.1 cm³/mol. The Morgan fingerprint density at radius 1 is 1.27 bits per heavy atom. The SMILES string of the molecule is CC(Cl)CCC(C)C1CCC(C)CC1F. The predicted octanol–water partition coefficient (Wildman–Crippen LogP) is 4.80. The molecule has 0 aromatic heterocycles. The fourth-order valence-corrected chi connectivity index (χ4v) is 2.81. The topological polar surface area (TPSA) is 0 Å². The van der Waals surface area contributed by atoms with Crippen molar-refractivity contribution in [1.29, 1.82) is 0 Å². The van der Waals surface area contributed by atoms with Gasteiger partial charge < -0.3 is 0 Å². The molecule has 15 heavy (non-hydrogen) atoms. The third kappa shape index (κ3) is 4.30. The standard InChI is InChI=1S/C13H24ClF/c1-9-4-7-12(13(15)8-9)10(2)5-6-11(3)14/h9-13H,4-8H2,1-3H3. The molecule has 0 heterocycles. The molecule has 0 N–H and O–H groups in total. The van der Waals surface area contributed by atoms with Crippen LogP contribution in [0.5, 0.6) is 0 Å². The van der Waals surface area contributed by atoms with Crippen LogP contribution in [0.3, 0.4) is 0 Å². The van der Waals surface area contributed by atoms with Gasteiger partial charge in [-0.2, -0.15) is 0 Å². The number of hydrogen-bond acceptors (Lipinski definition) is 0. The normalized spacial score (nSPS) is 36.2. The van der Waals surface area contributed by atoms with E-state index in [0.29, 0.717) is 11.8 Å². The van der Waals surface area contributed by atoms with Crippen LogP contribution in [0.2, 0.25) is 0 Å². The van der Waals surface area contributed by atoms with Crippen molar-refractivity contribution in [1.82, 2.24) is 0 Å². The average Bonchev–Trinajstić information content (AvgIpc) is 2.14. The molecular weight excluding hydrogens is 211 g/mol. The van der Waals surface area contributed by atoms with Crippen molar-refractivity contribution >= 4 is 11.6 Å². The van der Waals surface area contributed by atoms with Gasteiger partial charge in [0.1, 0.15) is 6.17 Å². The van der Waals surface area contributed by atoms with Crippen LogP contribution in [-0.4, -0.2) is 11.5 Å². The molecule has 1 aliphatic rings. The molecule has 2 heteroatoms. The fraction of sp³-hybridized carbons (Fsp3) is 1.00. The molecule has 0 aromatic rings. The molecule has 0 aromatic carbocycles. The van der Waals surface area contributed by atoms with Gasteiger partial charge in [-0.15, -0.1) is 11.6 Å². The van der Waals surface area contributed by atoms with Crippen LogP contribution in [0.25, 0.3) is 0 Å². The monoisotopic (exact) mass is 234 g/mol. The number of halogens is 2. The van der Waals surface area contributed by atoms with Crippen LogP contribution in [0.15, 0.2) is 0 Å². The molecule has 0 radical (unpaired) electrons. The zero-order valence-electron chi connectivity index (χ0n) is 10.2. The molecular formula is C13H24ClF. The maximum absolute atomic E-state index is 13.8. The van der Waals surface area contributed by atoms with Crippen molar-refractivity contribution < 1.29 is 4.39 Å². The molecule has 0 spiro atoms. The highest BCUT2D eigenvalue weighted by molar-refractivity contribution is 6.20. The van der Waals surface area contributed by atoms with Gasteiger partial charge in [0.25, 0.3) is 0 Å². The van der Waals surface area contributed by atoms with Crippen LogP contribution in [-0.2, 0) is 0 Å². The van der Waals surface area contributed by atoms with Crippen LogP contribution < -0.4 is 0 Å². The second kappa shape index (κ2) is 6.08. The van der Waals surface area contributed by atoms with Gasteiger partial charge in [-0.3, -0.25) is 0 Å². The molecule has 0 nitrogen and oxygen atoms in total. The molecule has 90 valence electrons. The van der Waals surface area contributed by atoms with Crippen molar-refractivity contribution in [3.05, 3.63) is 0 Å². The molecule has 0 bridgehead atoms. The minimum absolute atomic E-state index is 0.230. The molecule has 0 aliphatic heterocycles. The summed E-state index contributed by atoms with van der Waals surface area (Å²) in [5.74, 6) is 1.36. The molecule has 5 unspecified atom stereocenters. The summed E-state index contributed by atoms with van der Waals surface area (Å²) < 4.78 is 13.8. The van der Waals surface area contributed by atoms with Crippen molar-refractivity contribution in [3.8, 4) is 0 Å². The van der Waals surface area contributed by atoms with Crippen LogP contribution >= 0.6 is 11.6 Å². The summed E-state index contributed by atoms with van der Waals surface area (Å²) in [6.45, 7) is 6.37. The lowest BCUT2D eigenvalue weighted by molar-refractivity contribution is 0.0898. The number of rotatable bonds is 4. The van der Waals surface area contributed by atoms with E-state index < -0.39 is 6.17 Å². The second-order valence-corrected chi connectivity index (χ2v) is 6.18. The Bertz CT molecular complexity index is 181. The average molecular weight is 235 g/mol. The zero-order chi connectivity index (χ0) is 11.4. The van der Waals surface area contributed by atoms with Gasteiger partial charge >= 0.3 is 0 Å². The van der Waals surface area contributed by atoms with Crippen molar-refractivity contribution in [2.24, 2.45) is 17.8 Å². The van der Waals surface area contributed by atoms with E-state index in [1.807, 2.05) is 6.92 Å². The van der Waals surface area contributed by atoms with E-state index in [1.165, 1.54) is 6.42 Å². The lowest BCUT2D eigenvalue weighted by Gasteiger charge is -2.34. The summed E-state index contributed by atoms with van der Waals surface area (Å²) in [6, 6.07) is 0. The first-order valence-electron chi connectivity index (χ1n) is 6.28. The molecule has 1 aliphatic carbocycles. The Hall–Kier alpha value is 0.220. The van der Waals surface area contributed by atoms with Crippen molar-refractivity contribution in [2.45, 2.75) is 64.4 Å². The Kier molecular flexibility index (Phi) is 5.38. The minimum Gasteiger partial charge on any atom is -0.247 e. The smallest absolute Gasteiger partial charge is 0.103 e. The van der Waals surface area contributed by atoms with E-state index in [1.54, 1.807) is 0 Å². The molecule has 0 amide bonds. The minimum atomic E-state index is -0.575.